The molecule has 1 unspecified atom stereocenters. The van der Waals surface area contributed by atoms with Crippen LogP contribution in [0, 0.1) is 5.92 Å². The number of carbonyl (C=O) groups excluding carboxylic acids is 2. The molecule has 1 aromatic rings. The molecule has 2 amide bonds. The van der Waals surface area contributed by atoms with E-state index in [4.69, 9.17) is 14.2 Å². The average Bonchev–Trinajstić information content (AvgIpc) is 3.53. The van der Waals surface area contributed by atoms with Crippen molar-refractivity contribution in [3.05, 3.63) is 23.8 Å². The maximum Gasteiger partial charge on any atom is 0.257 e. The molecule has 170 valence electrons. The van der Waals surface area contributed by atoms with Gasteiger partial charge in [-0.15, -0.1) is 0 Å². The van der Waals surface area contributed by atoms with E-state index in [1.165, 1.54) is 0 Å². The number of ether oxygens (including phenoxy) is 3. The fraction of sp³-hybridized carbons (Fsp3) is 0.667. The van der Waals surface area contributed by atoms with Crippen molar-refractivity contribution in [3.8, 4) is 11.5 Å². The summed E-state index contributed by atoms with van der Waals surface area (Å²) in [5, 5.41) is 0. The topological polar surface area (TPSA) is 68.3 Å². The van der Waals surface area contributed by atoms with E-state index in [1.807, 2.05) is 28.9 Å². The second-order valence-corrected chi connectivity index (χ2v) is 8.76. The van der Waals surface area contributed by atoms with Crippen LogP contribution >= 0.6 is 0 Å². The third kappa shape index (κ3) is 5.32. The molecule has 2 heterocycles. The van der Waals surface area contributed by atoms with Crippen LogP contribution in [0.4, 0.5) is 0 Å². The Labute approximate surface area is 184 Å². The minimum Gasteiger partial charge on any atom is -0.497 e. The van der Waals surface area contributed by atoms with Crippen molar-refractivity contribution in [1.29, 1.82) is 0 Å². The Kier molecular flexibility index (Phi) is 7.00. The standard InChI is InChI=1S/C24H34N2O5/c1-3-25(16-20-5-4-14-30-20)24(28)21-15-19(29-2)8-9-22(21)31-18-10-12-26(13-11-18)23(27)17-6-7-17/h8-9,15,17-18,20H,3-7,10-14,16H2,1-2H3. The quantitative estimate of drug-likeness (QED) is 0.634. The molecule has 0 N–H and O–H groups in total. The first-order valence-corrected chi connectivity index (χ1v) is 11.6. The molecular formula is C24H34N2O5. The highest BCUT2D eigenvalue weighted by Gasteiger charge is 2.35. The van der Waals surface area contributed by atoms with Gasteiger partial charge in [0.15, 0.2) is 0 Å². The Morgan fingerprint density at radius 3 is 2.55 bits per heavy atom. The number of likely N-dealkylation sites (N-methyl/N-ethyl adjacent to an activating group) is 1. The molecule has 0 bridgehead atoms. The van der Waals surface area contributed by atoms with Crippen LogP contribution < -0.4 is 9.47 Å². The van der Waals surface area contributed by atoms with Crippen LogP contribution in [0.15, 0.2) is 18.2 Å². The lowest BCUT2D eigenvalue weighted by molar-refractivity contribution is -0.134. The smallest absolute Gasteiger partial charge is 0.257 e. The lowest BCUT2D eigenvalue weighted by Crippen LogP contribution is -2.42. The van der Waals surface area contributed by atoms with Crippen LogP contribution in [0.25, 0.3) is 0 Å². The average molecular weight is 431 g/mol. The third-order valence-electron chi connectivity index (χ3n) is 6.51. The molecule has 0 spiro atoms. The highest BCUT2D eigenvalue weighted by molar-refractivity contribution is 5.97. The molecular weight excluding hydrogens is 396 g/mol. The van der Waals surface area contributed by atoms with Gasteiger partial charge in [0.1, 0.15) is 17.6 Å². The molecule has 0 radical (unpaired) electrons. The number of hydrogen-bond acceptors (Lipinski definition) is 5. The van der Waals surface area contributed by atoms with Gasteiger partial charge in [-0.25, -0.2) is 0 Å². The van der Waals surface area contributed by atoms with Gasteiger partial charge in [0.25, 0.3) is 5.91 Å². The molecule has 1 atom stereocenters. The van der Waals surface area contributed by atoms with Crippen LogP contribution in [0.3, 0.4) is 0 Å². The number of nitrogens with zero attached hydrogens (tertiary/aromatic N) is 2. The minimum absolute atomic E-state index is 0.00330. The molecule has 7 heteroatoms. The van der Waals surface area contributed by atoms with Gasteiger partial charge in [0.2, 0.25) is 5.91 Å². The highest BCUT2D eigenvalue weighted by Crippen LogP contribution is 2.33. The Morgan fingerprint density at radius 1 is 1.16 bits per heavy atom. The summed E-state index contributed by atoms with van der Waals surface area (Å²) >= 11 is 0. The van der Waals surface area contributed by atoms with Crippen LogP contribution in [0.5, 0.6) is 11.5 Å². The summed E-state index contributed by atoms with van der Waals surface area (Å²) in [6.45, 7) is 5.40. The van der Waals surface area contributed by atoms with E-state index in [-0.39, 0.29) is 24.0 Å². The number of amides is 2. The number of likely N-dealkylation sites (tertiary alicyclic amines) is 1. The lowest BCUT2D eigenvalue weighted by atomic mass is 10.1. The van der Waals surface area contributed by atoms with Gasteiger partial charge >= 0.3 is 0 Å². The number of piperidine rings is 1. The van der Waals surface area contributed by atoms with Crippen molar-refractivity contribution in [2.45, 2.75) is 57.7 Å². The number of rotatable bonds is 8. The predicted molar refractivity (Wildman–Crippen MR) is 116 cm³/mol. The summed E-state index contributed by atoms with van der Waals surface area (Å²) in [4.78, 5) is 29.5. The van der Waals surface area contributed by atoms with Crippen LogP contribution in [-0.2, 0) is 9.53 Å². The normalized spacial score (nSPS) is 21.7. The molecule has 3 aliphatic rings. The number of benzene rings is 1. The van der Waals surface area contributed by atoms with Gasteiger partial charge in [-0.3, -0.25) is 9.59 Å². The fourth-order valence-corrected chi connectivity index (χ4v) is 4.43. The van der Waals surface area contributed by atoms with E-state index in [9.17, 15) is 9.59 Å². The third-order valence-corrected chi connectivity index (χ3v) is 6.51. The van der Waals surface area contributed by atoms with Gasteiger partial charge in [-0.1, -0.05) is 0 Å². The summed E-state index contributed by atoms with van der Waals surface area (Å²) in [6, 6.07) is 5.42. The number of carbonyl (C=O) groups is 2. The zero-order valence-electron chi connectivity index (χ0n) is 18.7. The Bertz CT molecular complexity index is 780. The maximum absolute atomic E-state index is 13.4. The van der Waals surface area contributed by atoms with Crippen molar-refractivity contribution in [3.63, 3.8) is 0 Å². The largest absolute Gasteiger partial charge is 0.497 e. The first-order valence-electron chi connectivity index (χ1n) is 11.6. The molecule has 31 heavy (non-hydrogen) atoms. The van der Waals surface area contributed by atoms with Crippen molar-refractivity contribution >= 4 is 11.8 Å². The van der Waals surface area contributed by atoms with Crippen molar-refractivity contribution in [2.75, 3.05) is 39.9 Å². The van der Waals surface area contributed by atoms with Crippen LogP contribution in [0.1, 0.15) is 55.8 Å². The zero-order chi connectivity index (χ0) is 21.8. The van der Waals surface area contributed by atoms with E-state index in [2.05, 4.69) is 0 Å². The molecule has 1 aliphatic carbocycles. The van der Waals surface area contributed by atoms with Crippen LogP contribution in [0.2, 0.25) is 0 Å². The first-order chi connectivity index (χ1) is 15.1. The van der Waals surface area contributed by atoms with E-state index in [1.54, 1.807) is 13.2 Å². The minimum atomic E-state index is -0.0618. The lowest BCUT2D eigenvalue weighted by Gasteiger charge is -2.33. The van der Waals surface area contributed by atoms with Crippen molar-refractivity contribution in [2.24, 2.45) is 5.92 Å². The molecule has 7 nitrogen and oxygen atoms in total. The molecule has 4 rings (SSSR count). The predicted octanol–water partition coefficient (Wildman–Crippen LogP) is 3.12. The number of methoxy groups -OCH3 is 1. The summed E-state index contributed by atoms with van der Waals surface area (Å²) in [6.07, 6.45) is 5.77. The zero-order valence-corrected chi connectivity index (χ0v) is 18.7. The summed E-state index contributed by atoms with van der Waals surface area (Å²) < 4.78 is 17.4. The van der Waals surface area contributed by atoms with Gasteiger partial charge in [0, 0.05) is 51.5 Å². The summed E-state index contributed by atoms with van der Waals surface area (Å²) in [5.41, 5.74) is 0.524. The van der Waals surface area contributed by atoms with E-state index in [0.29, 0.717) is 36.1 Å². The SMILES string of the molecule is CCN(CC1CCCO1)C(=O)c1cc(OC)ccc1OC1CCN(C(=O)C2CC2)CC1. The van der Waals surface area contributed by atoms with E-state index >= 15 is 0 Å². The summed E-state index contributed by atoms with van der Waals surface area (Å²) in [7, 11) is 1.60. The van der Waals surface area contributed by atoms with Gasteiger partial charge in [0.05, 0.1) is 18.8 Å². The van der Waals surface area contributed by atoms with Crippen molar-refractivity contribution in [1.82, 2.24) is 9.80 Å². The Morgan fingerprint density at radius 2 is 1.94 bits per heavy atom. The van der Waals surface area contributed by atoms with E-state index in [0.717, 1.165) is 58.2 Å². The second kappa shape index (κ2) is 9.90. The Balaban J connectivity index is 1.43. The first kappa shape index (κ1) is 21.9. The Hall–Kier alpha value is -2.28. The maximum atomic E-state index is 13.4. The second-order valence-electron chi connectivity index (χ2n) is 8.76. The molecule has 1 saturated carbocycles. The van der Waals surface area contributed by atoms with Gasteiger partial charge in [-0.05, 0) is 50.8 Å². The van der Waals surface area contributed by atoms with Gasteiger partial charge in [-0.2, -0.15) is 0 Å². The van der Waals surface area contributed by atoms with Crippen LogP contribution in [-0.4, -0.2) is 73.7 Å². The van der Waals surface area contributed by atoms with Gasteiger partial charge < -0.3 is 24.0 Å². The fourth-order valence-electron chi connectivity index (χ4n) is 4.43. The summed E-state index contributed by atoms with van der Waals surface area (Å²) in [5.74, 6) is 1.71. The molecule has 3 fully saturated rings. The molecule has 2 aliphatic heterocycles. The molecule has 2 saturated heterocycles. The van der Waals surface area contributed by atoms with E-state index < -0.39 is 0 Å². The monoisotopic (exact) mass is 430 g/mol. The molecule has 1 aromatic carbocycles. The van der Waals surface area contributed by atoms with Crippen molar-refractivity contribution < 1.29 is 23.8 Å². The highest BCUT2D eigenvalue weighted by atomic mass is 16.5. The molecule has 0 aromatic heterocycles. The number of hydrogen-bond donors (Lipinski definition) is 0.